The maximum absolute atomic E-state index is 12.8. The average molecular weight is 324 g/mol. The number of benzene rings is 2. The number of carbonyl (C=O) groups is 1. The highest BCUT2D eigenvalue weighted by atomic mass is 16.3. The second-order valence-corrected chi connectivity index (χ2v) is 6.36. The molecule has 1 aliphatic rings. The summed E-state index contributed by atoms with van der Waals surface area (Å²) in [6.07, 6.45) is 0.376. The molecular formula is C20H24N2O2. The zero-order valence-corrected chi connectivity index (χ0v) is 14.0. The van der Waals surface area contributed by atoms with Crippen LogP contribution in [0, 0.1) is 6.92 Å². The third-order valence-corrected chi connectivity index (χ3v) is 4.61. The first kappa shape index (κ1) is 16.5. The van der Waals surface area contributed by atoms with Crippen LogP contribution < -0.4 is 5.32 Å². The van der Waals surface area contributed by atoms with Crippen molar-refractivity contribution in [2.24, 2.45) is 0 Å². The quantitative estimate of drug-likeness (QED) is 0.909. The number of hydrogen-bond donors (Lipinski definition) is 2. The summed E-state index contributed by atoms with van der Waals surface area (Å²) in [5, 5.41) is 13.6. The van der Waals surface area contributed by atoms with Gasteiger partial charge in [0, 0.05) is 44.1 Å². The first-order chi connectivity index (χ1) is 11.6. The normalized spacial score (nSPS) is 16.0. The zero-order chi connectivity index (χ0) is 16.9. The molecule has 0 aliphatic carbocycles. The van der Waals surface area contributed by atoms with Crippen LogP contribution in [0.4, 0.5) is 0 Å². The molecule has 2 aromatic carbocycles. The predicted octanol–water partition coefficient (Wildman–Crippen LogP) is 2.65. The summed E-state index contributed by atoms with van der Waals surface area (Å²) in [6, 6.07) is 15.6. The smallest absolute Gasteiger partial charge is 0.223 e. The monoisotopic (exact) mass is 324 g/mol. The van der Waals surface area contributed by atoms with Gasteiger partial charge in [-0.15, -0.1) is 0 Å². The lowest BCUT2D eigenvalue weighted by atomic mass is 9.86. The highest BCUT2D eigenvalue weighted by molar-refractivity contribution is 5.78. The van der Waals surface area contributed by atoms with Gasteiger partial charge in [0.15, 0.2) is 0 Å². The summed E-state index contributed by atoms with van der Waals surface area (Å²) in [7, 11) is 0. The number of phenols is 1. The third kappa shape index (κ3) is 3.77. The average Bonchev–Trinajstić information content (AvgIpc) is 2.63. The summed E-state index contributed by atoms with van der Waals surface area (Å²) in [6.45, 7) is 5.19. The molecule has 4 nitrogen and oxygen atoms in total. The number of hydrogen-bond acceptors (Lipinski definition) is 3. The van der Waals surface area contributed by atoms with Gasteiger partial charge in [-0.3, -0.25) is 4.79 Å². The topological polar surface area (TPSA) is 52.6 Å². The van der Waals surface area contributed by atoms with Gasteiger partial charge in [0.25, 0.3) is 0 Å². The van der Waals surface area contributed by atoms with Crippen LogP contribution in [-0.4, -0.2) is 42.1 Å². The Hall–Kier alpha value is -2.33. The van der Waals surface area contributed by atoms with E-state index in [4.69, 9.17) is 0 Å². The van der Waals surface area contributed by atoms with Gasteiger partial charge in [-0.2, -0.15) is 0 Å². The second kappa shape index (κ2) is 7.49. The number of phenolic OH excluding ortho intramolecular Hbond substituents is 1. The van der Waals surface area contributed by atoms with Crippen molar-refractivity contribution in [3.05, 3.63) is 65.2 Å². The number of aromatic hydroxyl groups is 1. The van der Waals surface area contributed by atoms with E-state index in [1.807, 2.05) is 54.3 Å². The van der Waals surface area contributed by atoms with Gasteiger partial charge in [0.1, 0.15) is 5.75 Å². The van der Waals surface area contributed by atoms with Crippen LogP contribution in [0.2, 0.25) is 0 Å². The summed E-state index contributed by atoms with van der Waals surface area (Å²) in [5.74, 6) is 0.266. The predicted molar refractivity (Wildman–Crippen MR) is 95.2 cm³/mol. The van der Waals surface area contributed by atoms with E-state index < -0.39 is 0 Å². The van der Waals surface area contributed by atoms with Crippen LogP contribution >= 0.6 is 0 Å². The van der Waals surface area contributed by atoms with Crippen molar-refractivity contribution >= 4 is 5.91 Å². The summed E-state index contributed by atoms with van der Waals surface area (Å²) in [5.41, 5.74) is 2.96. The Morgan fingerprint density at radius 2 is 1.88 bits per heavy atom. The van der Waals surface area contributed by atoms with Crippen molar-refractivity contribution in [3.63, 3.8) is 0 Å². The Morgan fingerprint density at radius 3 is 2.58 bits per heavy atom. The van der Waals surface area contributed by atoms with Gasteiger partial charge in [-0.05, 0) is 18.6 Å². The van der Waals surface area contributed by atoms with Crippen molar-refractivity contribution < 1.29 is 9.90 Å². The molecule has 0 spiro atoms. The van der Waals surface area contributed by atoms with Gasteiger partial charge in [0.05, 0.1) is 0 Å². The standard InChI is InChI=1S/C20H24N2O2/c1-15-7-8-19(23)18(13-15)17(16-5-3-2-4-6-16)14-20(24)22-11-9-21-10-12-22/h2-8,13,17,21,23H,9-12,14H2,1H3/t17-/m1/s1. The van der Waals surface area contributed by atoms with E-state index in [2.05, 4.69) is 5.32 Å². The molecule has 0 unspecified atom stereocenters. The minimum absolute atomic E-state index is 0.131. The summed E-state index contributed by atoms with van der Waals surface area (Å²) in [4.78, 5) is 14.7. The van der Waals surface area contributed by atoms with Gasteiger partial charge >= 0.3 is 0 Å². The van der Waals surface area contributed by atoms with E-state index in [1.165, 1.54) is 0 Å². The van der Waals surface area contributed by atoms with Gasteiger partial charge < -0.3 is 15.3 Å². The van der Waals surface area contributed by atoms with Crippen molar-refractivity contribution in [1.82, 2.24) is 10.2 Å². The van der Waals surface area contributed by atoms with E-state index in [9.17, 15) is 9.90 Å². The molecule has 2 aromatic rings. The molecule has 24 heavy (non-hydrogen) atoms. The second-order valence-electron chi connectivity index (χ2n) is 6.36. The molecule has 4 heteroatoms. The zero-order valence-electron chi connectivity index (χ0n) is 14.0. The Kier molecular flexibility index (Phi) is 5.16. The van der Waals surface area contributed by atoms with Gasteiger partial charge in [0.2, 0.25) is 5.91 Å². The minimum Gasteiger partial charge on any atom is -0.508 e. The van der Waals surface area contributed by atoms with Crippen molar-refractivity contribution in [3.8, 4) is 5.75 Å². The van der Waals surface area contributed by atoms with Crippen LogP contribution in [-0.2, 0) is 4.79 Å². The number of nitrogens with one attached hydrogen (secondary N) is 1. The number of aryl methyl sites for hydroxylation is 1. The van der Waals surface area contributed by atoms with E-state index in [1.54, 1.807) is 6.07 Å². The SMILES string of the molecule is Cc1ccc(O)c([C@H](CC(=O)N2CCNCC2)c2ccccc2)c1. The number of rotatable bonds is 4. The van der Waals surface area contributed by atoms with Crippen LogP contribution in [0.1, 0.15) is 29.0 Å². The summed E-state index contributed by atoms with van der Waals surface area (Å²) < 4.78 is 0. The molecule has 0 aromatic heterocycles. The Labute approximate surface area is 143 Å². The molecule has 1 aliphatic heterocycles. The molecule has 1 heterocycles. The first-order valence-corrected chi connectivity index (χ1v) is 8.48. The van der Waals surface area contributed by atoms with E-state index in [-0.39, 0.29) is 17.6 Å². The number of amides is 1. The largest absolute Gasteiger partial charge is 0.508 e. The third-order valence-electron chi connectivity index (χ3n) is 4.61. The lowest BCUT2D eigenvalue weighted by Gasteiger charge is -2.29. The molecule has 3 rings (SSSR count). The maximum Gasteiger partial charge on any atom is 0.223 e. The van der Waals surface area contributed by atoms with E-state index in [0.717, 1.165) is 42.9 Å². The summed E-state index contributed by atoms with van der Waals surface area (Å²) >= 11 is 0. The minimum atomic E-state index is -0.131. The van der Waals surface area contributed by atoms with Crippen molar-refractivity contribution in [2.45, 2.75) is 19.3 Å². The van der Waals surface area contributed by atoms with Crippen LogP contribution in [0.3, 0.4) is 0 Å². The van der Waals surface area contributed by atoms with Crippen molar-refractivity contribution in [1.29, 1.82) is 0 Å². The lowest BCUT2D eigenvalue weighted by Crippen LogP contribution is -2.46. The molecule has 0 saturated carbocycles. The first-order valence-electron chi connectivity index (χ1n) is 8.48. The van der Waals surface area contributed by atoms with E-state index >= 15 is 0 Å². The molecule has 0 radical (unpaired) electrons. The number of piperazine rings is 1. The fourth-order valence-electron chi connectivity index (χ4n) is 3.26. The fraction of sp³-hybridized carbons (Fsp3) is 0.350. The Morgan fingerprint density at radius 1 is 1.17 bits per heavy atom. The molecule has 1 amide bonds. The molecular weight excluding hydrogens is 300 g/mol. The van der Waals surface area contributed by atoms with Crippen LogP contribution in [0.5, 0.6) is 5.75 Å². The van der Waals surface area contributed by atoms with Gasteiger partial charge in [-0.1, -0.05) is 48.0 Å². The fourth-order valence-corrected chi connectivity index (χ4v) is 3.26. The van der Waals surface area contributed by atoms with E-state index in [0.29, 0.717) is 6.42 Å². The Balaban J connectivity index is 1.90. The molecule has 126 valence electrons. The van der Waals surface area contributed by atoms with Crippen molar-refractivity contribution in [2.75, 3.05) is 26.2 Å². The van der Waals surface area contributed by atoms with Crippen LogP contribution in [0.25, 0.3) is 0 Å². The van der Waals surface area contributed by atoms with Gasteiger partial charge in [-0.25, -0.2) is 0 Å². The van der Waals surface area contributed by atoms with Crippen LogP contribution in [0.15, 0.2) is 48.5 Å². The Bertz CT molecular complexity index is 694. The molecule has 1 atom stereocenters. The highest BCUT2D eigenvalue weighted by Crippen LogP contribution is 2.35. The number of nitrogens with zero attached hydrogens (tertiary/aromatic N) is 1. The molecule has 1 saturated heterocycles. The molecule has 2 N–H and O–H groups in total. The number of carbonyl (C=O) groups excluding carboxylic acids is 1. The lowest BCUT2D eigenvalue weighted by molar-refractivity contribution is -0.132. The molecule has 0 bridgehead atoms. The molecule has 1 fully saturated rings. The highest BCUT2D eigenvalue weighted by Gasteiger charge is 2.25. The maximum atomic E-state index is 12.8.